The lowest BCUT2D eigenvalue weighted by molar-refractivity contribution is 0.0945. The number of aryl methyl sites for hydroxylation is 2. The van der Waals surface area contributed by atoms with E-state index in [4.69, 9.17) is 4.74 Å². The van der Waals surface area contributed by atoms with Crippen molar-refractivity contribution in [2.75, 3.05) is 24.5 Å². The normalized spacial score (nSPS) is 16.9. The number of hydrogen-bond acceptors (Lipinski definition) is 4. The zero-order valence-electron chi connectivity index (χ0n) is 15.5. The highest BCUT2D eigenvalue weighted by Gasteiger charge is 2.18. The van der Waals surface area contributed by atoms with Crippen LogP contribution >= 0.6 is 0 Å². The first-order chi connectivity index (χ1) is 12.8. The monoisotopic (exact) mass is 388 g/mol. The van der Waals surface area contributed by atoms with Crippen molar-refractivity contribution in [3.05, 3.63) is 59.2 Å². The highest BCUT2D eigenvalue weighted by molar-refractivity contribution is 7.92. The molecule has 144 valence electrons. The Bertz CT molecular complexity index is 917. The topological polar surface area (TPSA) is 84.5 Å². The average molecular weight is 388 g/mol. The van der Waals surface area contributed by atoms with Crippen LogP contribution in [0.3, 0.4) is 0 Å². The fourth-order valence-electron chi connectivity index (χ4n) is 2.89. The second-order valence-electron chi connectivity index (χ2n) is 6.87. The van der Waals surface area contributed by atoms with Gasteiger partial charge >= 0.3 is 0 Å². The van der Waals surface area contributed by atoms with Gasteiger partial charge in [0.05, 0.1) is 11.5 Å². The molecule has 3 rings (SSSR count). The van der Waals surface area contributed by atoms with E-state index in [9.17, 15) is 13.2 Å². The van der Waals surface area contributed by atoms with Crippen molar-refractivity contribution in [3.63, 3.8) is 0 Å². The zero-order chi connectivity index (χ0) is 19.4. The predicted molar refractivity (Wildman–Crippen MR) is 104 cm³/mol. The first kappa shape index (κ1) is 19.4. The van der Waals surface area contributed by atoms with Crippen LogP contribution in [-0.2, 0) is 14.8 Å². The molecule has 0 aliphatic carbocycles. The van der Waals surface area contributed by atoms with Crippen molar-refractivity contribution >= 4 is 21.6 Å². The molecule has 2 aromatic rings. The van der Waals surface area contributed by atoms with Gasteiger partial charge in [0.2, 0.25) is 0 Å². The largest absolute Gasteiger partial charge is 0.381 e. The molecule has 1 heterocycles. The van der Waals surface area contributed by atoms with E-state index in [0.717, 1.165) is 24.2 Å². The summed E-state index contributed by atoms with van der Waals surface area (Å²) in [5.74, 6) is 0.128. The summed E-state index contributed by atoms with van der Waals surface area (Å²) in [5, 5.41) is 2.87. The highest BCUT2D eigenvalue weighted by atomic mass is 32.2. The summed E-state index contributed by atoms with van der Waals surface area (Å²) in [6.45, 7) is 5.87. The highest BCUT2D eigenvalue weighted by Crippen LogP contribution is 2.19. The maximum absolute atomic E-state index is 12.6. The molecule has 2 N–H and O–H groups in total. The van der Waals surface area contributed by atoms with Gasteiger partial charge in [0.15, 0.2) is 0 Å². The maximum atomic E-state index is 12.6. The molecule has 0 spiro atoms. The molecule has 1 aliphatic rings. The van der Waals surface area contributed by atoms with E-state index in [-0.39, 0.29) is 10.8 Å². The first-order valence-corrected chi connectivity index (χ1v) is 10.4. The van der Waals surface area contributed by atoms with Crippen LogP contribution < -0.4 is 10.0 Å². The molecule has 7 heteroatoms. The fraction of sp³-hybridized carbons (Fsp3) is 0.350. The van der Waals surface area contributed by atoms with E-state index in [1.807, 2.05) is 19.9 Å². The Hall–Kier alpha value is -2.38. The third-order valence-corrected chi connectivity index (χ3v) is 6.16. The number of carbonyl (C=O) groups excluding carboxylic acids is 1. The number of sulfonamides is 1. The van der Waals surface area contributed by atoms with Crippen molar-refractivity contribution in [2.45, 2.75) is 25.2 Å². The summed E-state index contributed by atoms with van der Waals surface area (Å²) in [7, 11) is -3.71. The molecular weight excluding hydrogens is 364 g/mol. The van der Waals surface area contributed by atoms with E-state index < -0.39 is 10.0 Å². The van der Waals surface area contributed by atoms with Gasteiger partial charge in [-0.25, -0.2) is 8.42 Å². The van der Waals surface area contributed by atoms with Crippen LogP contribution in [0, 0.1) is 19.8 Å². The molecule has 1 aliphatic heterocycles. The van der Waals surface area contributed by atoms with E-state index in [2.05, 4.69) is 10.0 Å². The van der Waals surface area contributed by atoms with Crippen LogP contribution in [0.4, 0.5) is 5.69 Å². The number of rotatable bonds is 6. The first-order valence-electron chi connectivity index (χ1n) is 8.91. The minimum atomic E-state index is -3.71. The molecule has 6 nitrogen and oxygen atoms in total. The van der Waals surface area contributed by atoms with Crippen LogP contribution in [0.1, 0.15) is 27.9 Å². The number of anilines is 1. The minimum absolute atomic E-state index is 0.112. The van der Waals surface area contributed by atoms with Gasteiger partial charge in [-0.15, -0.1) is 0 Å². The van der Waals surface area contributed by atoms with Crippen LogP contribution in [0.25, 0.3) is 0 Å². The Morgan fingerprint density at radius 2 is 1.85 bits per heavy atom. The number of carbonyl (C=O) groups is 1. The molecule has 1 saturated heterocycles. The lowest BCUT2D eigenvalue weighted by Crippen LogP contribution is -2.29. The molecule has 0 saturated carbocycles. The zero-order valence-corrected chi connectivity index (χ0v) is 16.3. The molecule has 1 fully saturated rings. The average Bonchev–Trinajstić information content (AvgIpc) is 3.16. The second kappa shape index (κ2) is 8.10. The van der Waals surface area contributed by atoms with Crippen LogP contribution in [0.15, 0.2) is 47.4 Å². The van der Waals surface area contributed by atoms with E-state index >= 15 is 0 Å². The van der Waals surface area contributed by atoms with Crippen molar-refractivity contribution in [2.24, 2.45) is 5.92 Å². The number of hydrogen-bond donors (Lipinski definition) is 2. The predicted octanol–water partition coefficient (Wildman–Crippen LogP) is 2.87. The lowest BCUT2D eigenvalue weighted by atomic mass is 10.1. The van der Waals surface area contributed by atoms with Crippen molar-refractivity contribution < 1.29 is 17.9 Å². The number of benzene rings is 2. The summed E-state index contributed by atoms with van der Waals surface area (Å²) >= 11 is 0. The Labute approximate surface area is 160 Å². The van der Waals surface area contributed by atoms with Gasteiger partial charge in [0, 0.05) is 30.3 Å². The van der Waals surface area contributed by atoms with E-state index in [0.29, 0.717) is 30.3 Å². The standard InChI is InChI=1S/C20H24N2O4S/c1-14-3-6-18(11-15(14)2)22-27(24,25)19-7-4-17(5-8-19)20(23)21-12-16-9-10-26-13-16/h3-8,11,16,22H,9-10,12-13H2,1-2H3,(H,21,23). The van der Waals surface area contributed by atoms with E-state index in [1.165, 1.54) is 24.3 Å². The molecular formula is C20H24N2O4S. The molecule has 1 atom stereocenters. The molecule has 1 amide bonds. The van der Waals surface area contributed by atoms with Gasteiger partial charge in [-0.3, -0.25) is 9.52 Å². The minimum Gasteiger partial charge on any atom is -0.381 e. The molecule has 0 aromatic heterocycles. The summed E-state index contributed by atoms with van der Waals surface area (Å²) in [5.41, 5.74) is 3.05. The lowest BCUT2D eigenvalue weighted by Gasteiger charge is -2.11. The van der Waals surface area contributed by atoms with Gasteiger partial charge in [-0.1, -0.05) is 6.07 Å². The number of amides is 1. The molecule has 0 radical (unpaired) electrons. The SMILES string of the molecule is Cc1ccc(NS(=O)(=O)c2ccc(C(=O)NCC3CCOC3)cc2)cc1C. The van der Waals surface area contributed by atoms with Crippen molar-refractivity contribution in [3.8, 4) is 0 Å². The summed E-state index contributed by atoms with van der Waals surface area (Å²) < 4.78 is 33.0. The quantitative estimate of drug-likeness (QED) is 0.797. The maximum Gasteiger partial charge on any atom is 0.261 e. The van der Waals surface area contributed by atoms with Gasteiger partial charge in [0.25, 0.3) is 15.9 Å². The van der Waals surface area contributed by atoms with Gasteiger partial charge < -0.3 is 10.1 Å². The Morgan fingerprint density at radius 1 is 1.11 bits per heavy atom. The third-order valence-electron chi connectivity index (χ3n) is 4.76. The smallest absolute Gasteiger partial charge is 0.261 e. The van der Waals surface area contributed by atoms with Crippen LogP contribution in [0.2, 0.25) is 0 Å². The van der Waals surface area contributed by atoms with E-state index in [1.54, 1.807) is 12.1 Å². The Balaban J connectivity index is 1.65. The van der Waals surface area contributed by atoms with Crippen LogP contribution in [-0.4, -0.2) is 34.1 Å². The fourth-order valence-corrected chi connectivity index (χ4v) is 3.94. The second-order valence-corrected chi connectivity index (χ2v) is 8.55. The number of ether oxygens (including phenoxy) is 1. The van der Waals surface area contributed by atoms with Crippen molar-refractivity contribution in [1.82, 2.24) is 5.32 Å². The number of nitrogens with one attached hydrogen (secondary N) is 2. The molecule has 2 aromatic carbocycles. The van der Waals surface area contributed by atoms with Gasteiger partial charge in [-0.05, 0) is 67.8 Å². The van der Waals surface area contributed by atoms with Crippen molar-refractivity contribution in [1.29, 1.82) is 0 Å². The summed E-state index contributed by atoms with van der Waals surface area (Å²) in [6, 6.07) is 11.3. The summed E-state index contributed by atoms with van der Waals surface area (Å²) in [6.07, 6.45) is 0.946. The van der Waals surface area contributed by atoms with Gasteiger partial charge in [0.1, 0.15) is 0 Å². The summed E-state index contributed by atoms with van der Waals surface area (Å²) in [4.78, 5) is 12.3. The Kier molecular flexibility index (Phi) is 5.82. The molecule has 0 bridgehead atoms. The van der Waals surface area contributed by atoms with Crippen LogP contribution in [0.5, 0.6) is 0 Å². The Morgan fingerprint density at radius 3 is 2.48 bits per heavy atom. The third kappa shape index (κ3) is 4.87. The molecule has 27 heavy (non-hydrogen) atoms. The van der Waals surface area contributed by atoms with Gasteiger partial charge in [-0.2, -0.15) is 0 Å². The molecule has 1 unspecified atom stereocenters.